The lowest BCUT2D eigenvalue weighted by molar-refractivity contribution is 0.210. The summed E-state index contributed by atoms with van der Waals surface area (Å²) in [7, 11) is 0. The molecule has 0 saturated heterocycles. The van der Waals surface area contributed by atoms with Gasteiger partial charge in [0.1, 0.15) is 17.2 Å². The summed E-state index contributed by atoms with van der Waals surface area (Å²) in [5.41, 5.74) is 6.62. The number of hydrogen-bond acceptors (Lipinski definition) is 3. The van der Waals surface area contributed by atoms with E-state index in [9.17, 15) is 0 Å². The zero-order chi connectivity index (χ0) is 11.4. The average Bonchev–Trinajstić information content (AvgIpc) is 2.77. The zero-order valence-electron chi connectivity index (χ0n) is 9.74. The maximum Gasteiger partial charge on any atom is 0.146 e. The van der Waals surface area contributed by atoms with Crippen LogP contribution >= 0.6 is 0 Å². The highest BCUT2D eigenvalue weighted by molar-refractivity contribution is 5.62. The number of nitrogen functional groups attached to an aromatic ring is 1. The molecule has 88 valence electrons. The topological polar surface area (TPSA) is 44.5 Å². The van der Waals surface area contributed by atoms with Crippen LogP contribution in [-0.4, -0.2) is 12.7 Å². The minimum absolute atomic E-state index is 0.333. The first-order valence-electron chi connectivity index (χ1n) is 5.99. The van der Waals surface area contributed by atoms with Crippen LogP contribution in [0.4, 0.5) is 5.69 Å². The molecule has 0 bridgehead atoms. The lowest BCUT2D eigenvalue weighted by atomic mass is 10.2. The summed E-state index contributed by atoms with van der Waals surface area (Å²) in [5, 5.41) is 0. The van der Waals surface area contributed by atoms with Crippen LogP contribution in [0.2, 0.25) is 0 Å². The Kier molecular flexibility index (Phi) is 3.54. The summed E-state index contributed by atoms with van der Waals surface area (Å²) in [6.07, 6.45) is 5.13. The van der Waals surface area contributed by atoms with Crippen LogP contribution in [0.3, 0.4) is 0 Å². The maximum absolute atomic E-state index is 6.00. The first-order valence-corrected chi connectivity index (χ1v) is 5.99. The van der Waals surface area contributed by atoms with Crippen molar-refractivity contribution >= 4 is 5.69 Å². The van der Waals surface area contributed by atoms with Gasteiger partial charge in [-0.05, 0) is 44.7 Å². The Bertz CT molecular complexity index is 346. The molecule has 1 aliphatic rings. The van der Waals surface area contributed by atoms with Gasteiger partial charge in [0.15, 0.2) is 0 Å². The Labute approximate surface area is 96.5 Å². The van der Waals surface area contributed by atoms with Crippen LogP contribution in [0.25, 0.3) is 0 Å². The summed E-state index contributed by atoms with van der Waals surface area (Å²) < 4.78 is 11.3. The molecule has 1 aromatic carbocycles. The van der Waals surface area contributed by atoms with Crippen molar-refractivity contribution in [1.82, 2.24) is 0 Å². The third-order valence-corrected chi connectivity index (χ3v) is 2.92. The van der Waals surface area contributed by atoms with Gasteiger partial charge in [0.05, 0.1) is 12.7 Å². The van der Waals surface area contributed by atoms with E-state index in [0.717, 1.165) is 24.3 Å². The number of para-hydroxylation sites is 1. The summed E-state index contributed by atoms with van der Waals surface area (Å²) >= 11 is 0. The fourth-order valence-electron chi connectivity index (χ4n) is 2.09. The fourth-order valence-corrected chi connectivity index (χ4v) is 2.09. The van der Waals surface area contributed by atoms with Crippen LogP contribution in [0, 0.1) is 0 Å². The third-order valence-electron chi connectivity index (χ3n) is 2.92. The molecule has 0 heterocycles. The van der Waals surface area contributed by atoms with E-state index in [-0.39, 0.29) is 0 Å². The highest BCUT2D eigenvalue weighted by atomic mass is 16.5. The SMILES string of the molecule is CCOc1cccc(OC2CCCC2)c1N. The van der Waals surface area contributed by atoms with Gasteiger partial charge in [-0.2, -0.15) is 0 Å². The van der Waals surface area contributed by atoms with Gasteiger partial charge >= 0.3 is 0 Å². The molecule has 0 spiro atoms. The lowest BCUT2D eigenvalue weighted by Gasteiger charge is -2.16. The predicted molar refractivity (Wildman–Crippen MR) is 64.9 cm³/mol. The van der Waals surface area contributed by atoms with E-state index in [1.165, 1.54) is 12.8 Å². The van der Waals surface area contributed by atoms with Crippen molar-refractivity contribution in [2.75, 3.05) is 12.3 Å². The first-order chi connectivity index (χ1) is 7.81. The second-order valence-corrected chi connectivity index (χ2v) is 4.13. The maximum atomic E-state index is 6.00. The van der Waals surface area contributed by atoms with E-state index in [1.807, 2.05) is 25.1 Å². The van der Waals surface area contributed by atoms with Crippen molar-refractivity contribution in [2.45, 2.75) is 38.7 Å². The molecule has 2 rings (SSSR count). The Morgan fingerprint density at radius 1 is 1.25 bits per heavy atom. The average molecular weight is 221 g/mol. The van der Waals surface area contributed by atoms with Crippen molar-refractivity contribution in [3.8, 4) is 11.5 Å². The molecular formula is C13H19NO2. The fraction of sp³-hybridized carbons (Fsp3) is 0.538. The zero-order valence-corrected chi connectivity index (χ0v) is 9.74. The van der Waals surface area contributed by atoms with Crippen molar-refractivity contribution in [1.29, 1.82) is 0 Å². The van der Waals surface area contributed by atoms with Crippen LogP contribution in [0.5, 0.6) is 11.5 Å². The van der Waals surface area contributed by atoms with Gasteiger partial charge in [-0.15, -0.1) is 0 Å². The molecule has 0 radical (unpaired) electrons. The van der Waals surface area contributed by atoms with Gasteiger partial charge in [0.2, 0.25) is 0 Å². The monoisotopic (exact) mass is 221 g/mol. The summed E-state index contributed by atoms with van der Waals surface area (Å²) in [6.45, 7) is 2.57. The second-order valence-electron chi connectivity index (χ2n) is 4.13. The Morgan fingerprint density at radius 2 is 1.94 bits per heavy atom. The van der Waals surface area contributed by atoms with Gasteiger partial charge in [0, 0.05) is 0 Å². The minimum Gasteiger partial charge on any atom is -0.492 e. The summed E-state index contributed by atoms with van der Waals surface area (Å²) in [6, 6.07) is 5.71. The van der Waals surface area contributed by atoms with E-state index in [0.29, 0.717) is 18.4 Å². The molecule has 3 heteroatoms. The highest BCUT2D eigenvalue weighted by Gasteiger charge is 2.18. The molecular weight excluding hydrogens is 202 g/mol. The molecule has 0 amide bonds. The molecule has 16 heavy (non-hydrogen) atoms. The third kappa shape index (κ3) is 2.40. The van der Waals surface area contributed by atoms with Gasteiger partial charge < -0.3 is 15.2 Å². The molecule has 1 aliphatic carbocycles. The number of anilines is 1. The van der Waals surface area contributed by atoms with Crippen molar-refractivity contribution in [2.24, 2.45) is 0 Å². The molecule has 0 aromatic heterocycles. The van der Waals surface area contributed by atoms with Crippen molar-refractivity contribution in [3.05, 3.63) is 18.2 Å². The molecule has 0 atom stereocenters. The van der Waals surface area contributed by atoms with Gasteiger partial charge in [-0.3, -0.25) is 0 Å². The summed E-state index contributed by atoms with van der Waals surface area (Å²) in [4.78, 5) is 0. The number of rotatable bonds is 4. The van der Waals surface area contributed by atoms with Crippen LogP contribution < -0.4 is 15.2 Å². The standard InChI is InChI=1S/C13H19NO2/c1-2-15-11-8-5-9-12(13(11)14)16-10-6-3-4-7-10/h5,8-10H,2-4,6-7,14H2,1H3. The molecule has 1 aromatic rings. The number of nitrogens with two attached hydrogens (primary N) is 1. The van der Waals surface area contributed by atoms with Gasteiger partial charge in [0.25, 0.3) is 0 Å². The molecule has 3 nitrogen and oxygen atoms in total. The number of hydrogen-bond donors (Lipinski definition) is 1. The van der Waals surface area contributed by atoms with Crippen molar-refractivity contribution < 1.29 is 9.47 Å². The molecule has 1 saturated carbocycles. The van der Waals surface area contributed by atoms with Crippen molar-refractivity contribution in [3.63, 3.8) is 0 Å². The Morgan fingerprint density at radius 3 is 2.62 bits per heavy atom. The van der Waals surface area contributed by atoms with E-state index in [2.05, 4.69) is 0 Å². The normalized spacial score (nSPS) is 16.3. The minimum atomic E-state index is 0.333. The summed E-state index contributed by atoms with van der Waals surface area (Å²) in [5.74, 6) is 1.48. The quantitative estimate of drug-likeness (QED) is 0.795. The highest BCUT2D eigenvalue weighted by Crippen LogP contribution is 2.34. The number of benzene rings is 1. The molecule has 1 fully saturated rings. The predicted octanol–water partition coefficient (Wildman–Crippen LogP) is 2.99. The molecule has 0 aliphatic heterocycles. The van der Waals surface area contributed by atoms with E-state index < -0.39 is 0 Å². The lowest BCUT2D eigenvalue weighted by Crippen LogP contribution is -2.12. The van der Waals surface area contributed by atoms with Gasteiger partial charge in [-0.25, -0.2) is 0 Å². The van der Waals surface area contributed by atoms with Crippen LogP contribution in [0.15, 0.2) is 18.2 Å². The van der Waals surface area contributed by atoms with Gasteiger partial charge in [-0.1, -0.05) is 6.07 Å². The largest absolute Gasteiger partial charge is 0.492 e. The molecule has 0 unspecified atom stereocenters. The smallest absolute Gasteiger partial charge is 0.146 e. The van der Waals surface area contributed by atoms with Crippen LogP contribution in [-0.2, 0) is 0 Å². The Balaban J connectivity index is 2.10. The number of ether oxygens (including phenoxy) is 2. The van der Waals surface area contributed by atoms with E-state index in [1.54, 1.807) is 0 Å². The van der Waals surface area contributed by atoms with Crippen LogP contribution in [0.1, 0.15) is 32.6 Å². The van der Waals surface area contributed by atoms with E-state index in [4.69, 9.17) is 15.2 Å². The Hall–Kier alpha value is -1.38. The first kappa shape index (κ1) is 11.1. The second kappa shape index (κ2) is 5.10. The molecule has 2 N–H and O–H groups in total. The van der Waals surface area contributed by atoms with E-state index >= 15 is 0 Å².